The largest absolute Gasteiger partial charge is 0.493 e. The first-order valence-corrected chi connectivity index (χ1v) is 8.31. The third kappa shape index (κ3) is 5.42. The quantitative estimate of drug-likeness (QED) is 0.402. The smallest absolute Gasteiger partial charge is 0.419 e. The number of aliphatic carboxylic acids is 1. The van der Waals surface area contributed by atoms with E-state index < -0.39 is 35.8 Å². The van der Waals surface area contributed by atoms with Gasteiger partial charge >= 0.3 is 12.1 Å². The maximum atomic E-state index is 13.2. The standard InChI is InChI=1S/C16H13F4N5O5/c17-9-2-3-10(16(18,19)20)11(6-9)28-4-1-5-29-13-7-12(30-23-13)15-21-24-25(22-15)8-14(26)27/h2-3,6-7H,1,4-5,8H2,(H,26,27). The van der Waals surface area contributed by atoms with E-state index in [1.54, 1.807) is 0 Å². The van der Waals surface area contributed by atoms with Crippen LogP contribution < -0.4 is 9.47 Å². The lowest BCUT2D eigenvalue weighted by molar-refractivity contribution is -0.139. The Bertz CT molecular complexity index is 1020. The molecule has 3 rings (SSSR count). The molecule has 0 atom stereocenters. The molecule has 10 nitrogen and oxygen atoms in total. The Hall–Kier alpha value is -3.71. The first kappa shape index (κ1) is 21.0. The van der Waals surface area contributed by atoms with Crippen molar-refractivity contribution in [1.29, 1.82) is 0 Å². The van der Waals surface area contributed by atoms with Gasteiger partial charge in [0.15, 0.2) is 6.54 Å². The summed E-state index contributed by atoms with van der Waals surface area (Å²) in [7, 11) is 0. The van der Waals surface area contributed by atoms with Crippen molar-refractivity contribution in [1.82, 2.24) is 25.4 Å². The van der Waals surface area contributed by atoms with Crippen LogP contribution >= 0.6 is 0 Å². The number of rotatable bonds is 9. The van der Waals surface area contributed by atoms with Crippen LogP contribution in [0.15, 0.2) is 28.8 Å². The van der Waals surface area contributed by atoms with Crippen LogP contribution in [-0.4, -0.2) is 49.7 Å². The molecule has 2 heterocycles. The lowest BCUT2D eigenvalue weighted by atomic mass is 10.2. The summed E-state index contributed by atoms with van der Waals surface area (Å²) >= 11 is 0. The highest BCUT2D eigenvalue weighted by Crippen LogP contribution is 2.36. The van der Waals surface area contributed by atoms with Gasteiger partial charge in [-0.15, -0.1) is 10.2 Å². The van der Waals surface area contributed by atoms with Crippen LogP contribution in [-0.2, 0) is 17.5 Å². The van der Waals surface area contributed by atoms with Crippen LogP contribution in [0.3, 0.4) is 0 Å². The van der Waals surface area contributed by atoms with Gasteiger partial charge in [-0.25, -0.2) is 4.39 Å². The summed E-state index contributed by atoms with van der Waals surface area (Å²) in [5, 5.41) is 23.2. The number of carboxylic acid groups (broad SMARTS) is 1. The number of alkyl halides is 3. The number of nitrogens with zero attached hydrogens (tertiary/aromatic N) is 5. The topological polar surface area (TPSA) is 125 Å². The van der Waals surface area contributed by atoms with Crippen LogP contribution in [0.1, 0.15) is 12.0 Å². The van der Waals surface area contributed by atoms with E-state index in [0.29, 0.717) is 18.2 Å². The molecule has 14 heteroatoms. The molecule has 0 unspecified atom stereocenters. The zero-order chi connectivity index (χ0) is 21.7. The number of hydrogen-bond donors (Lipinski definition) is 1. The highest BCUT2D eigenvalue weighted by atomic mass is 19.4. The molecule has 0 aliphatic rings. The maximum Gasteiger partial charge on any atom is 0.419 e. The Balaban J connectivity index is 1.49. The van der Waals surface area contributed by atoms with Crippen LogP contribution in [0.5, 0.6) is 11.6 Å². The van der Waals surface area contributed by atoms with E-state index in [2.05, 4.69) is 20.6 Å². The third-order valence-electron chi connectivity index (χ3n) is 3.48. The van der Waals surface area contributed by atoms with Gasteiger partial charge in [-0.1, -0.05) is 0 Å². The summed E-state index contributed by atoms with van der Waals surface area (Å²) in [6.45, 7) is -0.629. The normalized spacial score (nSPS) is 11.5. The third-order valence-corrected chi connectivity index (χ3v) is 3.48. The van der Waals surface area contributed by atoms with E-state index in [4.69, 9.17) is 19.1 Å². The van der Waals surface area contributed by atoms with Crippen LogP contribution in [0.4, 0.5) is 17.6 Å². The van der Waals surface area contributed by atoms with Gasteiger partial charge < -0.3 is 19.1 Å². The minimum absolute atomic E-state index is 0.00674. The lowest BCUT2D eigenvalue weighted by Crippen LogP contribution is -2.11. The SMILES string of the molecule is O=C(O)Cn1nnc(-c2cc(OCCCOc3cc(F)ccc3C(F)(F)F)no2)n1. The molecule has 0 saturated carbocycles. The molecule has 0 aliphatic heterocycles. The Morgan fingerprint density at radius 1 is 1.20 bits per heavy atom. The molecule has 0 radical (unpaired) electrons. The van der Waals surface area contributed by atoms with Crippen molar-refractivity contribution in [3.8, 4) is 23.2 Å². The number of ether oxygens (including phenoxy) is 2. The number of carbonyl (C=O) groups is 1. The molecule has 0 amide bonds. The van der Waals surface area contributed by atoms with E-state index in [1.807, 2.05) is 0 Å². The molecule has 0 bridgehead atoms. The number of aromatic nitrogens is 5. The highest BCUT2D eigenvalue weighted by Gasteiger charge is 2.34. The second kappa shape index (κ2) is 8.75. The minimum Gasteiger partial charge on any atom is -0.493 e. The van der Waals surface area contributed by atoms with Crippen molar-refractivity contribution in [2.24, 2.45) is 0 Å². The van der Waals surface area contributed by atoms with Gasteiger partial charge in [0.05, 0.1) is 24.8 Å². The minimum atomic E-state index is -4.67. The molecule has 30 heavy (non-hydrogen) atoms. The molecule has 0 aliphatic carbocycles. The van der Waals surface area contributed by atoms with E-state index in [-0.39, 0.29) is 37.1 Å². The molecule has 2 aromatic heterocycles. The molecule has 0 spiro atoms. The lowest BCUT2D eigenvalue weighted by Gasteiger charge is -2.13. The zero-order valence-corrected chi connectivity index (χ0v) is 15.0. The van der Waals surface area contributed by atoms with Crippen molar-refractivity contribution in [3.63, 3.8) is 0 Å². The average molecular weight is 431 g/mol. The molecule has 0 fully saturated rings. The van der Waals surface area contributed by atoms with Crippen LogP contribution in [0, 0.1) is 5.82 Å². The fraction of sp³-hybridized carbons (Fsp3) is 0.312. The zero-order valence-electron chi connectivity index (χ0n) is 15.0. The van der Waals surface area contributed by atoms with E-state index in [1.165, 1.54) is 6.07 Å². The number of hydrogen-bond acceptors (Lipinski definition) is 8. The van der Waals surface area contributed by atoms with E-state index in [0.717, 1.165) is 4.80 Å². The fourth-order valence-corrected chi connectivity index (χ4v) is 2.23. The Labute approximate surface area is 165 Å². The first-order chi connectivity index (χ1) is 14.2. The Morgan fingerprint density at radius 2 is 1.97 bits per heavy atom. The number of carboxylic acids is 1. The summed E-state index contributed by atoms with van der Waals surface area (Å²) in [4.78, 5) is 11.4. The fourth-order valence-electron chi connectivity index (χ4n) is 2.23. The van der Waals surface area contributed by atoms with Crippen LogP contribution in [0.25, 0.3) is 11.6 Å². The van der Waals surface area contributed by atoms with E-state index >= 15 is 0 Å². The second-order valence-electron chi connectivity index (χ2n) is 5.76. The van der Waals surface area contributed by atoms with Crippen molar-refractivity contribution < 1.29 is 41.5 Å². The van der Waals surface area contributed by atoms with Gasteiger partial charge in [-0.3, -0.25) is 4.79 Å². The molecule has 160 valence electrons. The van der Waals surface area contributed by atoms with Crippen molar-refractivity contribution in [2.45, 2.75) is 19.1 Å². The summed E-state index contributed by atoms with van der Waals surface area (Å²) in [5.41, 5.74) is -1.07. The molecule has 0 saturated heterocycles. The van der Waals surface area contributed by atoms with Crippen LogP contribution in [0.2, 0.25) is 0 Å². The Kier molecular flexibility index (Phi) is 6.13. The van der Waals surface area contributed by atoms with Crippen molar-refractivity contribution in [3.05, 3.63) is 35.6 Å². The molecular formula is C16H13F4N5O5. The van der Waals surface area contributed by atoms with Gasteiger partial charge in [0.1, 0.15) is 11.6 Å². The predicted octanol–water partition coefficient (Wildman–Crippen LogP) is 2.42. The Morgan fingerprint density at radius 3 is 2.70 bits per heavy atom. The molecule has 1 aromatic carbocycles. The molecule has 1 N–H and O–H groups in total. The summed E-state index contributed by atoms with van der Waals surface area (Å²) in [6, 6.07) is 3.31. The van der Waals surface area contributed by atoms with Gasteiger partial charge in [0.25, 0.3) is 5.88 Å². The van der Waals surface area contributed by atoms with Gasteiger partial charge in [-0.2, -0.15) is 18.0 Å². The molecule has 3 aromatic rings. The van der Waals surface area contributed by atoms with Gasteiger partial charge in [0.2, 0.25) is 11.6 Å². The average Bonchev–Trinajstić information content (AvgIpc) is 3.29. The number of halogens is 4. The monoisotopic (exact) mass is 431 g/mol. The summed E-state index contributed by atoms with van der Waals surface area (Å²) in [6.07, 6.45) is -4.50. The summed E-state index contributed by atoms with van der Waals surface area (Å²) < 4.78 is 67.1. The van der Waals surface area contributed by atoms with E-state index in [9.17, 15) is 22.4 Å². The first-order valence-electron chi connectivity index (χ1n) is 8.31. The van der Waals surface area contributed by atoms with Crippen molar-refractivity contribution in [2.75, 3.05) is 13.2 Å². The van der Waals surface area contributed by atoms with Gasteiger partial charge in [-0.05, 0) is 22.5 Å². The number of tetrazole rings is 1. The summed E-state index contributed by atoms with van der Waals surface area (Å²) in [5.74, 6) is -2.50. The second-order valence-corrected chi connectivity index (χ2v) is 5.76. The molecular weight excluding hydrogens is 418 g/mol. The maximum absolute atomic E-state index is 13.2. The highest BCUT2D eigenvalue weighted by molar-refractivity contribution is 5.66. The van der Waals surface area contributed by atoms with Crippen molar-refractivity contribution >= 4 is 5.97 Å². The van der Waals surface area contributed by atoms with Gasteiger partial charge in [0, 0.05) is 12.5 Å². The number of benzene rings is 1. The predicted molar refractivity (Wildman–Crippen MR) is 88.0 cm³/mol.